The molecule has 1 aromatic rings. The molecule has 0 heterocycles. The number of rotatable bonds is 3. The van der Waals surface area contributed by atoms with Crippen molar-refractivity contribution < 1.29 is 5.11 Å². The number of hydrogen-bond acceptors (Lipinski definition) is 1. The molecule has 0 aliphatic carbocycles. The Kier molecular flexibility index (Phi) is 3.90. The van der Waals surface area contributed by atoms with Crippen LogP contribution in [0, 0.1) is 0 Å². The van der Waals surface area contributed by atoms with Crippen LogP contribution in [-0.4, -0.2) is 11.2 Å². The predicted molar refractivity (Wildman–Crippen MR) is 64.2 cm³/mol. The summed E-state index contributed by atoms with van der Waals surface area (Å²) >= 11 is 3.45. The lowest BCUT2D eigenvalue weighted by molar-refractivity contribution is 0.195. The second-order valence-electron chi connectivity index (χ2n) is 3.68. The second kappa shape index (κ2) is 4.76. The molecule has 0 spiro atoms. The van der Waals surface area contributed by atoms with E-state index < -0.39 is 0 Å². The standard InChI is InChI=1S/C12H15BrO/c1-8(2)11-5-10(4-9(3)14)6-12(13)7-11/h5-7,9,14H,1,4H2,2-3H3. The van der Waals surface area contributed by atoms with Crippen molar-refractivity contribution in [1.82, 2.24) is 0 Å². The van der Waals surface area contributed by atoms with Gasteiger partial charge in [-0.2, -0.15) is 0 Å². The van der Waals surface area contributed by atoms with Crippen LogP contribution in [0.25, 0.3) is 5.57 Å². The third kappa shape index (κ3) is 3.28. The number of halogens is 1. The van der Waals surface area contributed by atoms with Gasteiger partial charge < -0.3 is 5.11 Å². The smallest absolute Gasteiger partial charge is 0.0552 e. The van der Waals surface area contributed by atoms with Crippen LogP contribution in [0.2, 0.25) is 0 Å². The van der Waals surface area contributed by atoms with Gasteiger partial charge in [0.25, 0.3) is 0 Å². The summed E-state index contributed by atoms with van der Waals surface area (Å²) in [5.74, 6) is 0. The molecule has 14 heavy (non-hydrogen) atoms. The van der Waals surface area contributed by atoms with E-state index in [9.17, 15) is 5.11 Å². The summed E-state index contributed by atoms with van der Waals surface area (Å²) in [4.78, 5) is 0. The quantitative estimate of drug-likeness (QED) is 0.877. The molecule has 1 nitrogen and oxygen atoms in total. The van der Waals surface area contributed by atoms with Crippen molar-refractivity contribution in [2.24, 2.45) is 0 Å². The summed E-state index contributed by atoms with van der Waals surface area (Å²) in [7, 11) is 0. The normalized spacial score (nSPS) is 12.6. The minimum absolute atomic E-state index is 0.303. The van der Waals surface area contributed by atoms with E-state index in [2.05, 4.69) is 28.6 Å². The lowest BCUT2D eigenvalue weighted by Gasteiger charge is -2.08. The SMILES string of the molecule is C=C(C)c1cc(Br)cc(CC(C)O)c1. The van der Waals surface area contributed by atoms with Gasteiger partial charge in [-0.3, -0.25) is 0 Å². The first-order valence-corrected chi connectivity index (χ1v) is 5.41. The van der Waals surface area contributed by atoms with Crippen LogP contribution in [0.1, 0.15) is 25.0 Å². The van der Waals surface area contributed by atoms with Crippen molar-refractivity contribution in [3.05, 3.63) is 40.4 Å². The highest BCUT2D eigenvalue weighted by atomic mass is 79.9. The van der Waals surface area contributed by atoms with Crippen LogP contribution in [0.3, 0.4) is 0 Å². The molecule has 0 amide bonds. The Morgan fingerprint density at radius 3 is 2.64 bits per heavy atom. The fraction of sp³-hybridized carbons (Fsp3) is 0.333. The number of hydrogen-bond donors (Lipinski definition) is 1. The molecule has 0 aliphatic heterocycles. The molecule has 1 atom stereocenters. The van der Waals surface area contributed by atoms with Crippen LogP contribution in [0.5, 0.6) is 0 Å². The third-order valence-electron chi connectivity index (χ3n) is 1.98. The van der Waals surface area contributed by atoms with Crippen LogP contribution in [-0.2, 0) is 6.42 Å². The van der Waals surface area contributed by atoms with Crippen molar-refractivity contribution in [2.45, 2.75) is 26.4 Å². The maximum atomic E-state index is 9.29. The molecular formula is C12H15BrO. The topological polar surface area (TPSA) is 20.2 Å². The van der Waals surface area contributed by atoms with E-state index in [-0.39, 0.29) is 6.10 Å². The fourth-order valence-corrected chi connectivity index (χ4v) is 1.90. The summed E-state index contributed by atoms with van der Waals surface area (Å²) in [6.07, 6.45) is 0.377. The molecule has 0 saturated carbocycles. The summed E-state index contributed by atoms with van der Waals surface area (Å²) < 4.78 is 1.04. The van der Waals surface area contributed by atoms with Crippen LogP contribution in [0.15, 0.2) is 29.3 Å². The van der Waals surface area contributed by atoms with Gasteiger partial charge in [-0.1, -0.05) is 34.1 Å². The van der Waals surface area contributed by atoms with Crippen molar-refractivity contribution in [3.8, 4) is 0 Å². The van der Waals surface area contributed by atoms with Gasteiger partial charge in [0.1, 0.15) is 0 Å². The van der Waals surface area contributed by atoms with Gasteiger partial charge in [0.05, 0.1) is 6.10 Å². The zero-order chi connectivity index (χ0) is 10.7. The molecule has 0 aliphatic rings. The minimum Gasteiger partial charge on any atom is -0.393 e. The number of aliphatic hydroxyl groups excluding tert-OH is 1. The number of benzene rings is 1. The zero-order valence-corrected chi connectivity index (χ0v) is 10.1. The van der Waals surface area contributed by atoms with E-state index in [1.807, 2.05) is 19.1 Å². The van der Waals surface area contributed by atoms with Crippen LogP contribution < -0.4 is 0 Å². The summed E-state index contributed by atoms with van der Waals surface area (Å²) in [6.45, 7) is 7.68. The largest absolute Gasteiger partial charge is 0.393 e. The monoisotopic (exact) mass is 254 g/mol. The maximum absolute atomic E-state index is 9.29. The summed E-state index contributed by atoms with van der Waals surface area (Å²) in [5.41, 5.74) is 3.29. The third-order valence-corrected chi connectivity index (χ3v) is 2.44. The Morgan fingerprint density at radius 2 is 2.14 bits per heavy atom. The van der Waals surface area contributed by atoms with Gasteiger partial charge in [-0.15, -0.1) is 0 Å². The van der Waals surface area contributed by atoms with Crippen molar-refractivity contribution >= 4 is 21.5 Å². The molecular weight excluding hydrogens is 240 g/mol. The lowest BCUT2D eigenvalue weighted by atomic mass is 10.0. The van der Waals surface area contributed by atoms with Gasteiger partial charge >= 0.3 is 0 Å². The average molecular weight is 255 g/mol. The highest BCUT2D eigenvalue weighted by Crippen LogP contribution is 2.21. The maximum Gasteiger partial charge on any atom is 0.0552 e. The van der Waals surface area contributed by atoms with Gasteiger partial charge in [0, 0.05) is 4.47 Å². The van der Waals surface area contributed by atoms with E-state index in [4.69, 9.17) is 0 Å². The molecule has 1 aromatic carbocycles. The minimum atomic E-state index is -0.303. The van der Waals surface area contributed by atoms with Gasteiger partial charge in [-0.25, -0.2) is 0 Å². The molecule has 0 bridgehead atoms. The Labute approximate surface area is 93.6 Å². The second-order valence-corrected chi connectivity index (χ2v) is 4.60. The first kappa shape index (κ1) is 11.5. The Bertz CT molecular complexity index is 342. The van der Waals surface area contributed by atoms with Gasteiger partial charge in [0.2, 0.25) is 0 Å². The first-order valence-electron chi connectivity index (χ1n) is 4.62. The number of allylic oxidation sites excluding steroid dienone is 1. The fourth-order valence-electron chi connectivity index (χ4n) is 1.36. The van der Waals surface area contributed by atoms with Gasteiger partial charge in [0.15, 0.2) is 0 Å². The highest BCUT2D eigenvalue weighted by Gasteiger charge is 2.03. The van der Waals surface area contributed by atoms with E-state index >= 15 is 0 Å². The summed E-state index contributed by atoms with van der Waals surface area (Å²) in [6, 6.07) is 6.13. The molecule has 0 aromatic heterocycles. The van der Waals surface area contributed by atoms with E-state index in [0.29, 0.717) is 6.42 Å². The first-order chi connectivity index (χ1) is 6.49. The van der Waals surface area contributed by atoms with Gasteiger partial charge in [-0.05, 0) is 43.5 Å². The van der Waals surface area contributed by atoms with Crippen LogP contribution >= 0.6 is 15.9 Å². The van der Waals surface area contributed by atoms with Crippen molar-refractivity contribution in [1.29, 1.82) is 0 Å². The van der Waals surface area contributed by atoms with Crippen molar-refractivity contribution in [2.75, 3.05) is 0 Å². The molecule has 1 unspecified atom stereocenters. The Balaban J connectivity index is 3.01. The van der Waals surface area contributed by atoms with E-state index in [1.165, 1.54) is 0 Å². The molecule has 76 valence electrons. The number of aliphatic hydroxyl groups is 1. The molecule has 0 fully saturated rings. The molecule has 2 heteroatoms. The zero-order valence-electron chi connectivity index (χ0n) is 8.55. The van der Waals surface area contributed by atoms with Crippen LogP contribution in [0.4, 0.5) is 0 Å². The highest BCUT2D eigenvalue weighted by molar-refractivity contribution is 9.10. The van der Waals surface area contributed by atoms with E-state index in [0.717, 1.165) is 21.2 Å². The molecule has 0 radical (unpaired) electrons. The molecule has 0 saturated heterocycles. The van der Waals surface area contributed by atoms with E-state index in [1.54, 1.807) is 6.92 Å². The van der Waals surface area contributed by atoms with Crippen molar-refractivity contribution in [3.63, 3.8) is 0 Å². The Morgan fingerprint density at radius 1 is 1.50 bits per heavy atom. The summed E-state index contributed by atoms with van der Waals surface area (Å²) in [5, 5.41) is 9.29. The predicted octanol–water partition coefficient (Wildman–Crippen LogP) is 3.41. The Hall–Kier alpha value is -0.600. The average Bonchev–Trinajstić information content (AvgIpc) is 2.01. The molecule has 1 rings (SSSR count). The molecule has 1 N–H and O–H groups in total. The lowest BCUT2D eigenvalue weighted by Crippen LogP contribution is -2.04.